The lowest BCUT2D eigenvalue weighted by Gasteiger charge is -2.11. The first-order valence-electron chi connectivity index (χ1n) is 4.15. The van der Waals surface area contributed by atoms with E-state index in [1.165, 1.54) is 19.1 Å². The summed E-state index contributed by atoms with van der Waals surface area (Å²) in [6.45, 7) is 1.47. The van der Waals surface area contributed by atoms with Crippen molar-refractivity contribution in [3.05, 3.63) is 35.1 Å². The Kier molecular flexibility index (Phi) is 3.04. The molecule has 4 nitrogen and oxygen atoms in total. The highest BCUT2D eigenvalue weighted by Gasteiger charge is 2.31. The molecule has 0 bridgehead atoms. The van der Waals surface area contributed by atoms with E-state index in [-0.39, 0.29) is 5.56 Å². The number of carboxylic acid groups (broad SMARTS) is 2. The van der Waals surface area contributed by atoms with Crippen LogP contribution in [0.5, 0.6) is 0 Å². The van der Waals surface area contributed by atoms with Crippen LogP contribution < -0.4 is 0 Å². The number of carbonyl (C=O) groups is 2. The highest BCUT2D eigenvalue weighted by molar-refractivity contribution is 5.99. The van der Waals surface area contributed by atoms with Gasteiger partial charge in [0.15, 0.2) is 5.92 Å². The second-order valence-electron chi connectivity index (χ2n) is 3.08. The minimum absolute atomic E-state index is 0.294. The van der Waals surface area contributed by atoms with Crippen molar-refractivity contribution in [3.8, 4) is 0 Å². The van der Waals surface area contributed by atoms with E-state index in [1.807, 2.05) is 0 Å². The Morgan fingerprint density at radius 3 is 2.20 bits per heavy atom. The van der Waals surface area contributed by atoms with Crippen molar-refractivity contribution in [3.63, 3.8) is 0 Å². The van der Waals surface area contributed by atoms with Crippen LogP contribution in [-0.2, 0) is 9.59 Å². The smallest absolute Gasteiger partial charge is 0.322 e. The number of halogens is 1. The summed E-state index contributed by atoms with van der Waals surface area (Å²) < 4.78 is 13.3. The first-order chi connectivity index (χ1) is 6.95. The number of aryl methyl sites for hydroxylation is 1. The van der Waals surface area contributed by atoms with Gasteiger partial charge in [0.2, 0.25) is 0 Å². The number of rotatable bonds is 3. The molecule has 1 aromatic rings. The molecule has 0 aliphatic rings. The fourth-order valence-corrected chi connectivity index (χ4v) is 1.36. The van der Waals surface area contributed by atoms with Crippen molar-refractivity contribution in [1.29, 1.82) is 0 Å². The second kappa shape index (κ2) is 4.08. The maximum Gasteiger partial charge on any atom is 0.322 e. The summed E-state index contributed by atoms with van der Waals surface area (Å²) in [6.07, 6.45) is 0. The highest BCUT2D eigenvalue weighted by atomic mass is 19.1. The van der Waals surface area contributed by atoms with Crippen LogP contribution in [-0.4, -0.2) is 22.2 Å². The van der Waals surface area contributed by atoms with Gasteiger partial charge in [-0.25, -0.2) is 4.39 Å². The molecule has 0 aliphatic carbocycles. The molecule has 0 radical (unpaired) electrons. The maximum atomic E-state index is 13.3. The van der Waals surface area contributed by atoms with Gasteiger partial charge in [0.05, 0.1) is 0 Å². The van der Waals surface area contributed by atoms with Gasteiger partial charge in [0.1, 0.15) is 5.82 Å². The normalized spacial score (nSPS) is 10.3. The van der Waals surface area contributed by atoms with Crippen LogP contribution in [0.15, 0.2) is 18.2 Å². The Hall–Kier alpha value is -1.91. The Labute approximate surface area is 85.0 Å². The molecular weight excluding hydrogens is 203 g/mol. The Balaban J connectivity index is 3.35. The zero-order chi connectivity index (χ0) is 11.6. The summed E-state index contributed by atoms with van der Waals surface area (Å²) in [4.78, 5) is 21.4. The number of aliphatic carboxylic acids is 2. The summed E-state index contributed by atoms with van der Waals surface area (Å²) in [5, 5.41) is 17.4. The fourth-order valence-electron chi connectivity index (χ4n) is 1.36. The lowest BCUT2D eigenvalue weighted by Crippen LogP contribution is -2.23. The van der Waals surface area contributed by atoms with Crippen molar-refractivity contribution >= 4 is 11.9 Å². The molecule has 5 heteroatoms. The van der Waals surface area contributed by atoms with Crippen LogP contribution in [0.4, 0.5) is 4.39 Å². The van der Waals surface area contributed by atoms with E-state index in [2.05, 4.69) is 0 Å². The third kappa shape index (κ3) is 2.12. The highest BCUT2D eigenvalue weighted by Crippen LogP contribution is 2.23. The number of carboxylic acids is 2. The minimum atomic E-state index is -1.86. The number of benzene rings is 1. The lowest BCUT2D eigenvalue weighted by molar-refractivity contribution is -0.150. The summed E-state index contributed by atoms with van der Waals surface area (Å²) in [5.74, 6) is -5.82. The molecule has 1 rings (SSSR count). The molecular formula is C10H9FO4. The third-order valence-electron chi connectivity index (χ3n) is 2.05. The minimum Gasteiger partial charge on any atom is -0.480 e. The van der Waals surface area contributed by atoms with Crippen LogP contribution in [0.3, 0.4) is 0 Å². The quantitative estimate of drug-likeness (QED) is 0.742. The summed E-state index contributed by atoms with van der Waals surface area (Å²) >= 11 is 0. The molecule has 1 aromatic carbocycles. The molecule has 0 atom stereocenters. The Morgan fingerprint density at radius 1 is 1.27 bits per heavy atom. The van der Waals surface area contributed by atoms with Gasteiger partial charge in [0, 0.05) is 5.56 Å². The molecule has 0 unspecified atom stereocenters. The van der Waals surface area contributed by atoms with E-state index in [1.54, 1.807) is 0 Å². The van der Waals surface area contributed by atoms with Gasteiger partial charge in [-0.15, -0.1) is 0 Å². The first-order valence-corrected chi connectivity index (χ1v) is 4.15. The van der Waals surface area contributed by atoms with E-state index < -0.39 is 23.7 Å². The molecule has 0 saturated heterocycles. The molecule has 0 heterocycles. The molecule has 2 N–H and O–H groups in total. The second-order valence-corrected chi connectivity index (χ2v) is 3.08. The molecule has 0 amide bonds. The average molecular weight is 212 g/mol. The van der Waals surface area contributed by atoms with Crippen LogP contribution in [0.25, 0.3) is 0 Å². The zero-order valence-corrected chi connectivity index (χ0v) is 7.90. The van der Waals surface area contributed by atoms with Crippen LogP contribution in [0, 0.1) is 12.7 Å². The Bertz CT molecular complexity index is 380. The maximum absolute atomic E-state index is 13.3. The van der Waals surface area contributed by atoms with Gasteiger partial charge in [-0.05, 0) is 18.6 Å². The van der Waals surface area contributed by atoms with Crippen LogP contribution >= 0.6 is 0 Å². The van der Waals surface area contributed by atoms with Crippen molar-refractivity contribution in [2.45, 2.75) is 12.8 Å². The largest absolute Gasteiger partial charge is 0.480 e. The molecule has 80 valence electrons. The molecule has 0 saturated carbocycles. The van der Waals surface area contributed by atoms with E-state index in [0.29, 0.717) is 5.56 Å². The van der Waals surface area contributed by atoms with Crippen molar-refractivity contribution in [1.82, 2.24) is 0 Å². The number of hydrogen-bond donors (Lipinski definition) is 2. The van der Waals surface area contributed by atoms with Gasteiger partial charge in [0.25, 0.3) is 0 Å². The molecule has 0 aliphatic heterocycles. The van der Waals surface area contributed by atoms with Gasteiger partial charge in [-0.1, -0.05) is 12.1 Å². The van der Waals surface area contributed by atoms with Crippen LogP contribution in [0.1, 0.15) is 17.0 Å². The topological polar surface area (TPSA) is 74.6 Å². The van der Waals surface area contributed by atoms with E-state index in [0.717, 1.165) is 6.07 Å². The zero-order valence-electron chi connectivity index (χ0n) is 7.90. The summed E-state index contributed by atoms with van der Waals surface area (Å²) in [6, 6.07) is 3.91. The summed E-state index contributed by atoms with van der Waals surface area (Å²) in [5.41, 5.74) is 0.0160. The monoisotopic (exact) mass is 212 g/mol. The van der Waals surface area contributed by atoms with Gasteiger partial charge in [-0.3, -0.25) is 9.59 Å². The molecule has 0 spiro atoms. The molecule has 0 fully saturated rings. The first kappa shape index (κ1) is 11.2. The predicted octanol–water partition coefficient (Wildman–Crippen LogP) is 1.39. The SMILES string of the molecule is Cc1cccc(F)c1C(C(=O)O)C(=O)O. The van der Waals surface area contributed by atoms with E-state index >= 15 is 0 Å². The standard InChI is InChI=1S/C10H9FO4/c1-5-3-2-4-6(11)7(5)8(9(12)13)10(14)15/h2-4,8H,1H3,(H,12,13)(H,14,15). The third-order valence-corrected chi connectivity index (χ3v) is 2.05. The lowest BCUT2D eigenvalue weighted by atomic mass is 9.94. The number of hydrogen-bond acceptors (Lipinski definition) is 2. The van der Waals surface area contributed by atoms with E-state index in [4.69, 9.17) is 10.2 Å². The van der Waals surface area contributed by atoms with Crippen molar-refractivity contribution in [2.75, 3.05) is 0 Å². The Morgan fingerprint density at radius 2 is 1.80 bits per heavy atom. The van der Waals surface area contributed by atoms with Gasteiger partial charge in [-0.2, -0.15) is 0 Å². The molecule has 0 aromatic heterocycles. The fraction of sp³-hybridized carbons (Fsp3) is 0.200. The predicted molar refractivity (Wildman–Crippen MR) is 49.1 cm³/mol. The van der Waals surface area contributed by atoms with Crippen molar-refractivity contribution < 1.29 is 24.2 Å². The van der Waals surface area contributed by atoms with Crippen molar-refractivity contribution in [2.24, 2.45) is 0 Å². The molecule has 15 heavy (non-hydrogen) atoms. The van der Waals surface area contributed by atoms with Gasteiger partial charge >= 0.3 is 11.9 Å². The van der Waals surface area contributed by atoms with Crippen LogP contribution in [0.2, 0.25) is 0 Å². The average Bonchev–Trinajstić information content (AvgIpc) is 2.09. The summed E-state index contributed by atoms with van der Waals surface area (Å²) in [7, 11) is 0. The van der Waals surface area contributed by atoms with E-state index in [9.17, 15) is 14.0 Å². The van der Waals surface area contributed by atoms with Gasteiger partial charge < -0.3 is 10.2 Å².